The summed E-state index contributed by atoms with van der Waals surface area (Å²) in [6, 6.07) is 24.4. The minimum absolute atomic E-state index is 0.0574. The molecular weight excluding hydrogens is 500 g/mol. The van der Waals surface area contributed by atoms with Gasteiger partial charge in [0.2, 0.25) is 5.13 Å². The second-order valence-corrected chi connectivity index (χ2v) is 9.28. The van der Waals surface area contributed by atoms with E-state index in [1.807, 2.05) is 68.4 Å². The third-order valence-corrected chi connectivity index (χ3v) is 6.17. The molecule has 0 saturated carbocycles. The fraction of sp³-hybridized carbons (Fsp3) is 0.172. The lowest BCUT2D eigenvalue weighted by molar-refractivity contribution is -0.112. The van der Waals surface area contributed by atoms with Gasteiger partial charge in [-0.1, -0.05) is 59.9 Å². The van der Waals surface area contributed by atoms with Crippen LogP contribution in [0.2, 0.25) is 0 Å². The molecule has 38 heavy (non-hydrogen) atoms. The van der Waals surface area contributed by atoms with Gasteiger partial charge in [0.05, 0.1) is 0 Å². The van der Waals surface area contributed by atoms with Crippen molar-refractivity contribution in [3.05, 3.63) is 100 Å². The molecule has 0 atom stereocenters. The molecule has 4 aromatic rings. The Morgan fingerprint density at radius 3 is 2.29 bits per heavy atom. The minimum atomic E-state index is -0.567. The van der Waals surface area contributed by atoms with Crippen molar-refractivity contribution in [2.24, 2.45) is 0 Å². The molecular formula is C29H26N4O4S. The predicted molar refractivity (Wildman–Crippen MR) is 146 cm³/mol. The molecule has 1 heterocycles. The van der Waals surface area contributed by atoms with Crippen molar-refractivity contribution < 1.29 is 19.0 Å². The third kappa shape index (κ3) is 7.41. The predicted octanol–water partition coefficient (Wildman–Crippen LogP) is 5.74. The number of hydrogen-bond acceptors (Lipinski definition) is 8. The summed E-state index contributed by atoms with van der Waals surface area (Å²) in [7, 11) is 0. The summed E-state index contributed by atoms with van der Waals surface area (Å²) < 4.78 is 17.3. The van der Waals surface area contributed by atoms with Crippen LogP contribution in [0.4, 0.5) is 5.13 Å². The lowest BCUT2D eigenvalue weighted by Crippen LogP contribution is -2.13. The zero-order valence-corrected chi connectivity index (χ0v) is 21.8. The molecule has 1 amide bonds. The van der Waals surface area contributed by atoms with Gasteiger partial charge in [-0.15, -0.1) is 10.2 Å². The van der Waals surface area contributed by atoms with E-state index in [0.29, 0.717) is 35.3 Å². The number of carbonyl (C=O) groups is 1. The molecule has 0 bridgehead atoms. The van der Waals surface area contributed by atoms with E-state index in [4.69, 9.17) is 14.2 Å². The third-order valence-electron chi connectivity index (χ3n) is 5.36. The highest BCUT2D eigenvalue weighted by molar-refractivity contribution is 7.15. The Balaban J connectivity index is 1.27. The Labute approximate surface area is 225 Å². The molecule has 3 aromatic carbocycles. The molecule has 9 heteroatoms. The molecule has 0 spiro atoms. The van der Waals surface area contributed by atoms with Crippen LogP contribution < -0.4 is 19.5 Å². The van der Waals surface area contributed by atoms with Crippen LogP contribution in [-0.2, 0) is 11.4 Å². The number of nitrogens with one attached hydrogen (secondary N) is 1. The zero-order chi connectivity index (χ0) is 26.7. The standard InChI is InChI=1S/C29H26N4O4S/c1-20-7-6-8-21(2)27(20)36-16-15-35-25-13-11-22(12-14-25)17-23(18-30)28(34)31-29-33-32-26(38-29)19-37-24-9-4-3-5-10-24/h3-14,17H,15-16,19H2,1-2H3,(H,31,33,34). The zero-order valence-electron chi connectivity index (χ0n) is 21.0. The smallest absolute Gasteiger partial charge is 0.268 e. The molecule has 1 N–H and O–H groups in total. The van der Waals surface area contributed by atoms with E-state index in [1.54, 1.807) is 24.3 Å². The van der Waals surface area contributed by atoms with Crippen molar-refractivity contribution in [3.63, 3.8) is 0 Å². The molecule has 0 aliphatic carbocycles. The van der Waals surface area contributed by atoms with Gasteiger partial charge in [0, 0.05) is 0 Å². The Morgan fingerprint density at radius 1 is 0.895 bits per heavy atom. The molecule has 0 saturated heterocycles. The Kier molecular flexibility index (Phi) is 9.05. The average molecular weight is 527 g/mol. The molecule has 0 radical (unpaired) electrons. The molecule has 8 nitrogen and oxygen atoms in total. The Bertz CT molecular complexity index is 1420. The van der Waals surface area contributed by atoms with Crippen LogP contribution in [0, 0.1) is 25.2 Å². The number of ether oxygens (including phenoxy) is 3. The van der Waals surface area contributed by atoms with Gasteiger partial charge in [0.1, 0.15) is 48.7 Å². The van der Waals surface area contributed by atoms with Gasteiger partial charge in [-0.2, -0.15) is 5.26 Å². The maximum atomic E-state index is 12.6. The van der Waals surface area contributed by atoms with Crippen molar-refractivity contribution in [1.29, 1.82) is 5.26 Å². The fourth-order valence-electron chi connectivity index (χ4n) is 3.49. The van der Waals surface area contributed by atoms with Crippen LogP contribution >= 0.6 is 11.3 Å². The van der Waals surface area contributed by atoms with E-state index in [1.165, 1.54) is 17.4 Å². The van der Waals surface area contributed by atoms with E-state index < -0.39 is 5.91 Å². The Hall–Kier alpha value is -4.68. The molecule has 0 fully saturated rings. The maximum absolute atomic E-state index is 12.6. The van der Waals surface area contributed by atoms with Crippen molar-refractivity contribution in [2.75, 3.05) is 18.5 Å². The van der Waals surface area contributed by atoms with Crippen molar-refractivity contribution in [2.45, 2.75) is 20.5 Å². The van der Waals surface area contributed by atoms with Crippen molar-refractivity contribution in [1.82, 2.24) is 10.2 Å². The number of nitrogens with zero attached hydrogens (tertiary/aromatic N) is 3. The SMILES string of the molecule is Cc1cccc(C)c1OCCOc1ccc(C=C(C#N)C(=O)Nc2nnc(COc3ccccc3)s2)cc1. The topological polar surface area (TPSA) is 106 Å². The van der Waals surface area contributed by atoms with Gasteiger partial charge in [-0.05, 0) is 60.9 Å². The number of carbonyl (C=O) groups excluding carboxylic acids is 1. The van der Waals surface area contributed by atoms with E-state index in [2.05, 4.69) is 15.5 Å². The summed E-state index contributed by atoms with van der Waals surface area (Å²) in [6.45, 7) is 5.05. The number of rotatable bonds is 11. The first-order valence-electron chi connectivity index (χ1n) is 11.9. The lowest BCUT2D eigenvalue weighted by Gasteiger charge is -2.12. The number of nitriles is 1. The van der Waals surface area contributed by atoms with Gasteiger partial charge in [0.25, 0.3) is 5.91 Å². The van der Waals surface area contributed by atoms with Gasteiger partial charge in [0.15, 0.2) is 5.01 Å². The number of amides is 1. The quantitative estimate of drug-likeness (QED) is 0.151. The number of aromatic nitrogens is 2. The Morgan fingerprint density at radius 2 is 1.58 bits per heavy atom. The minimum Gasteiger partial charge on any atom is -0.490 e. The van der Waals surface area contributed by atoms with Gasteiger partial charge >= 0.3 is 0 Å². The van der Waals surface area contributed by atoms with E-state index in [-0.39, 0.29) is 17.3 Å². The van der Waals surface area contributed by atoms with E-state index in [0.717, 1.165) is 16.9 Å². The largest absolute Gasteiger partial charge is 0.490 e. The number of aryl methyl sites for hydroxylation is 2. The van der Waals surface area contributed by atoms with E-state index >= 15 is 0 Å². The highest BCUT2D eigenvalue weighted by atomic mass is 32.1. The van der Waals surface area contributed by atoms with Crippen LogP contribution in [0.3, 0.4) is 0 Å². The highest BCUT2D eigenvalue weighted by Gasteiger charge is 2.13. The molecule has 0 aliphatic rings. The first-order valence-corrected chi connectivity index (χ1v) is 12.7. The lowest BCUT2D eigenvalue weighted by atomic mass is 10.1. The van der Waals surface area contributed by atoms with Crippen LogP contribution in [0.15, 0.2) is 78.4 Å². The second kappa shape index (κ2) is 13.0. The van der Waals surface area contributed by atoms with Gasteiger partial charge in [-0.3, -0.25) is 10.1 Å². The molecule has 1 aromatic heterocycles. The van der Waals surface area contributed by atoms with Gasteiger partial charge in [-0.25, -0.2) is 0 Å². The van der Waals surface area contributed by atoms with Crippen LogP contribution in [-0.4, -0.2) is 29.3 Å². The fourth-order valence-corrected chi connectivity index (χ4v) is 4.14. The number of benzene rings is 3. The summed E-state index contributed by atoms with van der Waals surface area (Å²) in [5, 5.41) is 21.0. The van der Waals surface area contributed by atoms with Gasteiger partial charge < -0.3 is 14.2 Å². The van der Waals surface area contributed by atoms with Crippen LogP contribution in [0.25, 0.3) is 6.08 Å². The van der Waals surface area contributed by atoms with Crippen molar-refractivity contribution >= 4 is 28.5 Å². The first-order chi connectivity index (χ1) is 18.5. The second-order valence-electron chi connectivity index (χ2n) is 8.21. The average Bonchev–Trinajstić information content (AvgIpc) is 3.38. The number of para-hydroxylation sites is 2. The molecule has 4 rings (SSSR count). The summed E-state index contributed by atoms with van der Waals surface area (Å²) in [5.41, 5.74) is 2.80. The summed E-state index contributed by atoms with van der Waals surface area (Å²) in [6.07, 6.45) is 1.50. The number of hydrogen-bond donors (Lipinski definition) is 1. The van der Waals surface area contributed by atoms with E-state index in [9.17, 15) is 10.1 Å². The number of anilines is 1. The molecule has 0 unspecified atom stereocenters. The summed E-state index contributed by atoms with van der Waals surface area (Å²) in [4.78, 5) is 12.6. The molecule has 192 valence electrons. The summed E-state index contributed by atoms with van der Waals surface area (Å²) >= 11 is 1.18. The monoisotopic (exact) mass is 526 g/mol. The van der Waals surface area contributed by atoms with Crippen LogP contribution in [0.5, 0.6) is 17.2 Å². The maximum Gasteiger partial charge on any atom is 0.268 e. The van der Waals surface area contributed by atoms with Crippen molar-refractivity contribution in [3.8, 4) is 23.3 Å². The summed E-state index contributed by atoms with van der Waals surface area (Å²) in [5.74, 6) is 1.69. The molecule has 0 aliphatic heterocycles. The normalized spacial score (nSPS) is 10.9. The first kappa shape index (κ1) is 26.4. The van der Waals surface area contributed by atoms with Crippen LogP contribution in [0.1, 0.15) is 21.7 Å². The highest BCUT2D eigenvalue weighted by Crippen LogP contribution is 2.23.